The number of anilines is 1. The second-order valence-electron chi connectivity index (χ2n) is 5.33. The third-order valence-electron chi connectivity index (χ3n) is 3.38. The summed E-state index contributed by atoms with van der Waals surface area (Å²) in [4.78, 5) is 12.3. The van der Waals surface area contributed by atoms with Gasteiger partial charge in [-0.25, -0.2) is 4.68 Å². The van der Waals surface area contributed by atoms with E-state index < -0.39 is 0 Å². The van der Waals surface area contributed by atoms with Gasteiger partial charge in [-0.2, -0.15) is 5.10 Å². The van der Waals surface area contributed by atoms with Crippen molar-refractivity contribution in [2.75, 3.05) is 5.32 Å². The zero-order valence-corrected chi connectivity index (χ0v) is 12.6. The van der Waals surface area contributed by atoms with Gasteiger partial charge in [0, 0.05) is 23.6 Å². The number of amides is 1. The van der Waals surface area contributed by atoms with Crippen molar-refractivity contribution in [2.45, 2.75) is 13.8 Å². The van der Waals surface area contributed by atoms with Gasteiger partial charge in [-0.3, -0.25) is 4.79 Å². The van der Waals surface area contributed by atoms with Gasteiger partial charge in [0.05, 0.1) is 5.69 Å². The van der Waals surface area contributed by atoms with E-state index in [1.807, 2.05) is 50.4 Å². The molecule has 0 radical (unpaired) electrons. The van der Waals surface area contributed by atoms with Crippen molar-refractivity contribution < 1.29 is 4.79 Å². The van der Waals surface area contributed by atoms with Gasteiger partial charge in [0.1, 0.15) is 0 Å². The lowest BCUT2D eigenvalue weighted by molar-refractivity contribution is 0.102. The molecule has 0 saturated heterocycles. The number of aryl methyl sites for hydroxylation is 2. The smallest absolute Gasteiger partial charge is 0.255 e. The molecule has 1 heterocycles. The van der Waals surface area contributed by atoms with E-state index in [4.69, 9.17) is 0 Å². The average Bonchev–Trinajstić information content (AvgIpc) is 3.00. The molecule has 22 heavy (non-hydrogen) atoms. The summed E-state index contributed by atoms with van der Waals surface area (Å²) in [6.45, 7) is 4.03. The van der Waals surface area contributed by atoms with Gasteiger partial charge < -0.3 is 5.32 Å². The van der Waals surface area contributed by atoms with E-state index in [0.717, 1.165) is 22.5 Å². The summed E-state index contributed by atoms with van der Waals surface area (Å²) in [6.07, 6.45) is 3.59. The Hall–Kier alpha value is -2.88. The van der Waals surface area contributed by atoms with Crippen molar-refractivity contribution in [1.82, 2.24) is 9.78 Å². The zero-order valence-electron chi connectivity index (χ0n) is 12.6. The number of nitrogens with one attached hydrogen (secondary N) is 1. The zero-order chi connectivity index (χ0) is 15.5. The van der Waals surface area contributed by atoms with E-state index in [-0.39, 0.29) is 5.91 Å². The van der Waals surface area contributed by atoms with Crippen LogP contribution in [-0.4, -0.2) is 15.7 Å². The van der Waals surface area contributed by atoms with Crippen LogP contribution in [0.1, 0.15) is 21.5 Å². The highest BCUT2D eigenvalue weighted by molar-refractivity contribution is 6.04. The van der Waals surface area contributed by atoms with Gasteiger partial charge in [-0.05, 0) is 67.4 Å². The molecule has 1 amide bonds. The molecule has 3 aromatic rings. The molecule has 0 spiro atoms. The molecular formula is C18H17N3O. The first kappa shape index (κ1) is 14.1. The fourth-order valence-electron chi connectivity index (χ4n) is 2.44. The highest BCUT2D eigenvalue weighted by atomic mass is 16.1. The number of rotatable bonds is 3. The fourth-order valence-corrected chi connectivity index (χ4v) is 2.44. The van der Waals surface area contributed by atoms with Crippen molar-refractivity contribution in [3.63, 3.8) is 0 Å². The van der Waals surface area contributed by atoms with Crippen LogP contribution in [0.5, 0.6) is 0 Å². The van der Waals surface area contributed by atoms with Crippen LogP contribution in [-0.2, 0) is 0 Å². The minimum absolute atomic E-state index is 0.114. The quantitative estimate of drug-likeness (QED) is 0.799. The summed E-state index contributed by atoms with van der Waals surface area (Å²) < 4.78 is 1.76. The Morgan fingerprint density at radius 3 is 2.32 bits per heavy atom. The molecule has 2 aromatic carbocycles. The van der Waals surface area contributed by atoms with Crippen LogP contribution in [0.25, 0.3) is 5.69 Å². The molecule has 0 atom stereocenters. The molecule has 0 aliphatic heterocycles. The Labute approximate surface area is 129 Å². The summed E-state index contributed by atoms with van der Waals surface area (Å²) in [6, 6.07) is 15.2. The van der Waals surface area contributed by atoms with Crippen molar-refractivity contribution in [1.29, 1.82) is 0 Å². The minimum Gasteiger partial charge on any atom is -0.322 e. The molecule has 110 valence electrons. The molecular weight excluding hydrogens is 274 g/mol. The Kier molecular flexibility index (Phi) is 3.74. The van der Waals surface area contributed by atoms with Gasteiger partial charge in [-0.1, -0.05) is 6.07 Å². The van der Waals surface area contributed by atoms with Crippen LogP contribution in [0.15, 0.2) is 60.9 Å². The number of nitrogens with zero attached hydrogens (tertiary/aromatic N) is 2. The van der Waals surface area contributed by atoms with Crippen LogP contribution in [0.3, 0.4) is 0 Å². The number of carbonyl (C=O) groups excluding carboxylic acids is 1. The van der Waals surface area contributed by atoms with Gasteiger partial charge in [0.15, 0.2) is 0 Å². The number of hydrogen-bond donors (Lipinski definition) is 1. The third kappa shape index (κ3) is 3.06. The van der Waals surface area contributed by atoms with Gasteiger partial charge >= 0.3 is 0 Å². The normalized spacial score (nSPS) is 10.5. The van der Waals surface area contributed by atoms with Crippen molar-refractivity contribution >= 4 is 11.6 Å². The number of aromatic nitrogens is 2. The standard InChI is InChI=1S/C18H17N3O/c1-13-10-14(2)12-16(11-13)20-18(22)15-4-6-17(7-5-15)21-9-3-8-19-21/h3-12H,1-2H3,(H,20,22). The fraction of sp³-hybridized carbons (Fsp3) is 0.111. The SMILES string of the molecule is Cc1cc(C)cc(NC(=O)c2ccc(-n3cccn3)cc2)c1. The Morgan fingerprint density at radius 2 is 1.73 bits per heavy atom. The first-order chi connectivity index (χ1) is 10.6. The monoisotopic (exact) mass is 291 g/mol. The Balaban J connectivity index is 1.77. The van der Waals surface area contributed by atoms with Crippen molar-refractivity contribution in [3.8, 4) is 5.69 Å². The maximum Gasteiger partial charge on any atom is 0.255 e. The topological polar surface area (TPSA) is 46.9 Å². The molecule has 0 saturated carbocycles. The summed E-state index contributed by atoms with van der Waals surface area (Å²) in [5.41, 5.74) is 4.62. The largest absolute Gasteiger partial charge is 0.322 e. The van der Waals surface area contributed by atoms with Crippen LogP contribution in [0.2, 0.25) is 0 Å². The summed E-state index contributed by atoms with van der Waals surface area (Å²) in [5, 5.41) is 7.10. The predicted molar refractivity (Wildman–Crippen MR) is 87.4 cm³/mol. The average molecular weight is 291 g/mol. The van der Waals surface area contributed by atoms with Gasteiger partial charge in [0.25, 0.3) is 5.91 Å². The molecule has 4 nitrogen and oxygen atoms in total. The number of carbonyl (C=O) groups is 1. The predicted octanol–water partition coefficient (Wildman–Crippen LogP) is 3.74. The highest BCUT2D eigenvalue weighted by Crippen LogP contribution is 2.16. The van der Waals surface area contributed by atoms with Gasteiger partial charge in [-0.15, -0.1) is 0 Å². The lowest BCUT2D eigenvalue weighted by Crippen LogP contribution is -2.12. The summed E-state index contributed by atoms with van der Waals surface area (Å²) >= 11 is 0. The van der Waals surface area contributed by atoms with E-state index in [9.17, 15) is 4.79 Å². The lowest BCUT2D eigenvalue weighted by Gasteiger charge is -2.08. The molecule has 1 N–H and O–H groups in total. The Morgan fingerprint density at radius 1 is 1.05 bits per heavy atom. The van der Waals surface area contributed by atoms with E-state index in [2.05, 4.69) is 16.5 Å². The van der Waals surface area contributed by atoms with Crippen LogP contribution in [0.4, 0.5) is 5.69 Å². The maximum absolute atomic E-state index is 12.3. The van der Waals surface area contributed by atoms with Crippen LogP contribution in [0, 0.1) is 13.8 Å². The molecule has 0 fully saturated rings. The van der Waals surface area contributed by atoms with Crippen molar-refractivity contribution in [3.05, 3.63) is 77.6 Å². The third-order valence-corrected chi connectivity index (χ3v) is 3.38. The molecule has 0 unspecified atom stereocenters. The second kappa shape index (κ2) is 5.85. The minimum atomic E-state index is -0.114. The first-order valence-corrected chi connectivity index (χ1v) is 7.11. The van der Waals surface area contributed by atoms with Crippen LogP contribution < -0.4 is 5.32 Å². The molecule has 4 heteroatoms. The van der Waals surface area contributed by atoms with Crippen LogP contribution >= 0.6 is 0 Å². The first-order valence-electron chi connectivity index (χ1n) is 7.11. The number of hydrogen-bond acceptors (Lipinski definition) is 2. The second-order valence-corrected chi connectivity index (χ2v) is 5.33. The Bertz CT molecular complexity index is 769. The van der Waals surface area contributed by atoms with E-state index in [0.29, 0.717) is 5.56 Å². The summed E-state index contributed by atoms with van der Waals surface area (Å²) in [5.74, 6) is -0.114. The number of benzene rings is 2. The lowest BCUT2D eigenvalue weighted by atomic mass is 10.1. The van der Waals surface area contributed by atoms with E-state index in [1.165, 1.54) is 0 Å². The maximum atomic E-state index is 12.3. The molecule has 3 rings (SSSR count). The summed E-state index contributed by atoms with van der Waals surface area (Å²) in [7, 11) is 0. The van der Waals surface area contributed by atoms with E-state index in [1.54, 1.807) is 23.0 Å². The van der Waals surface area contributed by atoms with Crippen molar-refractivity contribution in [2.24, 2.45) is 0 Å². The molecule has 1 aromatic heterocycles. The molecule has 0 aliphatic carbocycles. The molecule has 0 bridgehead atoms. The van der Waals surface area contributed by atoms with Gasteiger partial charge in [0.2, 0.25) is 0 Å². The van der Waals surface area contributed by atoms with E-state index >= 15 is 0 Å². The molecule has 0 aliphatic rings. The highest BCUT2D eigenvalue weighted by Gasteiger charge is 2.07.